The van der Waals surface area contributed by atoms with Crippen molar-refractivity contribution in [3.8, 4) is 5.75 Å². The number of nitrogens with one attached hydrogen (secondary N) is 1. The summed E-state index contributed by atoms with van der Waals surface area (Å²) in [6.07, 6.45) is 0. The number of nitrogen functional groups attached to an aromatic ring is 1. The largest absolute Gasteiger partial charge is 0.493 e. The number of aliphatic hydroxyl groups excluding tert-OH is 1. The Bertz CT molecular complexity index is 323. The Morgan fingerprint density at radius 3 is 2.29 bits per heavy atom. The molecule has 4 N–H and O–H groups in total. The Hall–Kier alpha value is -1.55. The molecule has 4 nitrogen and oxygen atoms in total. The van der Waals surface area contributed by atoms with Crippen LogP contribution in [0.2, 0.25) is 0 Å². The maximum absolute atomic E-state index is 8.81. The molecule has 1 rings (SSSR count). The number of hydrogen-bond acceptors (Lipinski definition) is 3. The molecule has 96 valence electrons. The van der Waals surface area contributed by atoms with Gasteiger partial charge in [-0.1, -0.05) is 20.8 Å². The van der Waals surface area contributed by atoms with Gasteiger partial charge < -0.3 is 15.6 Å². The van der Waals surface area contributed by atoms with Crippen LogP contribution in [0.5, 0.6) is 5.75 Å². The molecule has 17 heavy (non-hydrogen) atoms. The normalized spacial score (nSPS) is 11.1. The van der Waals surface area contributed by atoms with Crippen molar-refractivity contribution in [2.24, 2.45) is 11.7 Å². The van der Waals surface area contributed by atoms with Crippen molar-refractivity contribution in [3.05, 3.63) is 29.8 Å². The molecule has 0 radical (unpaired) electrons. The molecule has 0 aliphatic heterocycles. The van der Waals surface area contributed by atoms with Gasteiger partial charge in [0.1, 0.15) is 11.6 Å². The lowest BCUT2D eigenvalue weighted by Crippen LogP contribution is -2.13. The first-order chi connectivity index (χ1) is 8.13. The molecule has 0 saturated carbocycles. The van der Waals surface area contributed by atoms with Gasteiger partial charge in [-0.05, 0) is 24.3 Å². The molecule has 4 heteroatoms. The Kier molecular flexibility index (Phi) is 7.80. The Morgan fingerprint density at radius 1 is 1.35 bits per heavy atom. The van der Waals surface area contributed by atoms with Gasteiger partial charge in [-0.2, -0.15) is 0 Å². The van der Waals surface area contributed by atoms with E-state index in [0.717, 1.165) is 5.75 Å². The van der Waals surface area contributed by atoms with Crippen LogP contribution in [0.3, 0.4) is 0 Å². The molecule has 0 unspecified atom stereocenters. The van der Waals surface area contributed by atoms with Crippen LogP contribution in [0, 0.1) is 11.3 Å². The minimum atomic E-state index is 0.0466. The van der Waals surface area contributed by atoms with E-state index in [4.69, 9.17) is 21.0 Å². The zero-order valence-electron chi connectivity index (χ0n) is 10.7. The highest BCUT2D eigenvalue weighted by molar-refractivity contribution is 5.94. The number of benzene rings is 1. The number of hydrogen-bond donors (Lipinski definition) is 3. The molecular formula is C13H22N2O2. The third-order valence-corrected chi connectivity index (χ3v) is 2.01. The quantitative estimate of drug-likeness (QED) is 0.542. The molecule has 0 heterocycles. The van der Waals surface area contributed by atoms with Crippen LogP contribution < -0.4 is 10.5 Å². The smallest absolute Gasteiger partial charge is 0.122 e. The summed E-state index contributed by atoms with van der Waals surface area (Å²) >= 11 is 0. The van der Waals surface area contributed by atoms with Gasteiger partial charge in [-0.25, -0.2) is 0 Å². The lowest BCUT2D eigenvalue weighted by molar-refractivity contribution is 0.174. The topological polar surface area (TPSA) is 79.3 Å². The summed E-state index contributed by atoms with van der Waals surface area (Å²) in [4.78, 5) is 0. The van der Waals surface area contributed by atoms with Crippen LogP contribution in [-0.4, -0.2) is 24.2 Å². The molecule has 0 aromatic heterocycles. The van der Waals surface area contributed by atoms with E-state index in [1.54, 1.807) is 24.3 Å². The van der Waals surface area contributed by atoms with Gasteiger partial charge in [0.25, 0.3) is 0 Å². The lowest BCUT2D eigenvalue weighted by atomic mass is 10.2. The van der Waals surface area contributed by atoms with Gasteiger partial charge in [-0.3, -0.25) is 5.41 Å². The van der Waals surface area contributed by atoms with Crippen LogP contribution in [-0.2, 0) is 0 Å². The SMILES string of the molecule is CC.C[C@H](CO)COc1ccc(C(=N)N)cc1. The van der Waals surface area contributed by atoms with E-state index in [9.17, 15) is 0 Å². The number of nitrogens with two attached hydrogens (primary N) is 1. The fourth-order valence-corrected chi connectivity index (χ4v) is 1.02. The summed E-state index contributed by atoms with van der Waals surface area (Å²) in [5.74, 6) is 0.892. The van der Waals surface area contributed by atoms with Crippen LogP contribution in [0.25, 0.3) is 0 Å². The molecule has 0 spiro atoms. The number of aliphatic hydroxyl groups is 1. The second kappa shape index (κ2) is 8.58. The van der Waals surface area contributed by atoms with Gasteiger partial charge in [0.05, 0.1) is 6.61 Å². The van der Waals surface area contributed by atoms with E-state index in [1.807, 2.05) is 20.8 Å². The van der Waals surface area contributed by atoms with Crippen molar-refractivity contribution in [2.45, 2.75) is 20.8 Å². The maximum Gasteiger partial charge on any atom is 0.122 e. The van der Waals surface area contributed by atoms with Gasteiger partial charge in [0.15, 0.2) is 0 Å². The molecular weight excluding hydrogens is 216 g/mol. The number of amidine groups is 1. The van der Waals surface area contributed by atoms with Crippen LogP contribution in [0.15, 0.2) is 24.3 Å². The van der Waals surface area contributed by atoms with E-state index < -0.39 is 0 Å². The summed E-state index contributed by atoms with van der Waals surface area (Å²) in [6, 6.07) is 7.00. The van der Waals surface area contributed by atoms with Crippen molar-refractivity contribution in [1.82, 2.24) is 0 Å². The van der Waals surface area contributed by atoms with Crippen molar-refractivity contribution in [3.63, 3.8) is 0 Å². The zero-order valence-corrected chi connectivity index (χ0v) is 10.7. The van der Waals surface area contributed by atoms with Crippen LogP contribution in [0.1, 0.15) is 26.3 Å². The Balaban J connectivity index is 0.00000121. The van der Waals surface area contributed by atoms with Gasteiger partial charge in [0, 0.05) is 18.1 Å². The fraction of sp³-hybridized carbons (Fsp3) is 0.462. The molecule has 0 bridgehead atoms. The molecule has 1 aromatic rings. The van der Waals surface area contributed by atoms with Gasteiger partial charge >= 0.3 is 0 Å². The highest BCUT2D eigenvalue weighted by Crippen LogP contribution is 2.12. The summed E-state index contributed by atoms with van der Waals surface area (Å²) < 4.78 is 5.42. The maximum atomic E-state index is 8.81. The molecule has 0 saturated heterocycles. The second-order valence-corrected chi connectivity index (χ2v) is 3.54. The monoisotopic (exact) mass is 238 g/mol. The third-order valence-electron chi connectivity index (χ3n) is 2.01. The average molecular weight is 238 g/mol. The second-order valence-electron chi connectivity index (χ2n) is 3.54. The number of ether oxygens (including phenoxy) is 1. The molecule has 0 amide bonds. The van der Waals surface area contributed by atoms with E-state index in [2.05, 4.69) is 0 Å². The van der Waals surface area contributed by atoms with Gasteiger partial charge in [0.2, 0.25) is 0 Å². The molecule has 1 atom stereocenters. The van der Waals surface area contributed by atoms with Crippen molar-refractivity contribution in [2.75, 3.05) is 13.2 Å². The highest BCUT2D eigenvalue weighted by atomic mass is 16.5. The van der Waals surface area contributed by atoms with Gasteiger partial charge in [-0.15, -0.1) is 0 Å². The van der Waals surface area contributed by atoms with E-state index in [1.165, 1.54) is 0 Å². The van der Waals surface area contributed by atoms with Crippen molar-refractivity contribution < 1.29 is 9.84 Å². The minimum Gasteiger partial charge on any atom is -0.493 e. The summed E-state index contributed by atoms with van der Waals surface area (Å²) in [7, 11) is 0. The molecule has 0 aliphatic rings. The van der Waals surface area contributed by atoms with Crippen molar-refractivity contribution in [1.29, 1.82) is 5.41 Å². The van der Waals surface area contributed by atoms with E-state index in [0.29, 0.717) is 12.2 Å². The molecule has 1 aromatic carbocycles. The minimum absolute atomic E-state index is 0.0466. The summed E-state index contributed by atoms with van der Waals surface area (Å²) in [5.41, 5.74) is 6.00. The third kappa shape index (κ3) is 5.92. The fourth-order valence-electron chi connectivity index (χ4n) is 1.02. The lowest BCUT2D eigenvalue weighted by Gasteiger charge is -2.10. The first kappa shape index (κ1) is 15.4. The van der Waals surface area contributed by atoms with Crippen LogP contribution >= 0.6 is 0 Å². The van der Waals surface area contributed by atoms with Crippen LogP contribution in [0.4, 0.5) is 0 Å². The van der Waals surface area contributed by atoms with E-state index >= 15 is 0 Å². The average Bonchev–Trinajstić information content (AvgIpc) is 2.38. The molecule has 0 fully saturated rings. The Morgan fingerprint density at radius 2 is 1.88 bits per heavy atom. The first-order valence-corrected chi connectivity index (χ1v) is 5.81. The number of rotatable bonds is 5. The first-order valence-electron chi connectivity index (χ1n) is 5.81. The van der Waals surface area contributed by atoms with E-state index in [-0.39, 0.29) is 18.4 Å². The summed E-state index contributed by atoms with van der Waals surface area (Å²) in [6.45, 7) is 6.51. The Labute approximate surface area is 103 Å². The van der Waals surface area contributed by atoms with Crippen molar-refractivity contribution >= 4 is 5.84 Å². The predicted octanol–water partition coefficient (Wildman–Crippen LogP) is 2.00. The standard InChI is InChI=1S/C11H16N2O2.C2H6/c1-8(6-14)7-15-10-4-2-9(3-5-10)11(12)13;1-2/h2-5,8,14H,6-7H2,1H3,(H3,12,13);1-2H3/t8-;/m1./s1. The highest BCUT2D eigenvalue weighted by Gasteiger charge is 2.01. The zero-order chi connectivity index (χ0) is 13.3. The predicted molar refractivity (Wildman–Crippen MR) is 70.6 cm³/mol. The summed E-state index contributed by atoms with van der Waals surface area (Å²) in [5, 5.41) is 16.0. The molecule has 0 aliphatic carbocycles.